The largest absolute Gasteiger partial charge is 0.466 e. The number of carbonyl (C=O) groups is 1. The molecule has 3 saturated carbocycles. The Hall–Kier alpha value is -0.570. The average Bonchev–Trinajstić information content (AvgIpc) is 2.00. The fourth-order valence-electron chi connectivity index (χ4n) is 3.24. The highest BCUT2D eigenvalue weighted by atomic mass is 16.5. The number of esters is 1. The Labute approximate surface area is 85.0 Å². The van der Waals surface area contributed by atoms with Crippen LogP contribution in [0.2, 0.25) is 0 Å². The molecule has 0 saturated heterocycles. The van der Waals surface area contributed by atoms with Crippen LogP contribution in [0.1, 0.15) is 39.0 Å². The lowest BCUT2D eigenvalue weighted by molar-refractivity contribution is -0.229. The summed E-state index contributed by atoms with van der Waals surface area (Å²) in [5.74, 6) is 0.0367. The van der Waals surface area contributed by atoms with E-state index in [9.17, 15) is 4.79 Å². The van der Waals surface area contributed by atoms with E-state index in [-0.39, 0.29) is 11.4 Å². The quantitative estimate of drug-likeness (QED) is 0.679. The van der Waals surface area contributed by atoms with Gasteiger partial charge in [0.1, 0.15) is 0 Å². The molecule has 0 aromatic carbocycles. The molecule has 0 amide bonds. The lowest BCUT2D eigenvalue weighted by atomic mass is 9.34. The van der Waals surface area contributed by atoms with Crippen molar-refractivity contribution in [1.82, 2.24) is 0 Å². The van der Waals surface area contributed by atoms with Crippen LogP contribution < -0.4 is 5.73 Å². The molecule has 3 heteroatoms. The van der Waals surface area contributed by atoms with Gasteiger partial charge in [-0.2, -0.15) is 0 Å². The third-order valence-corrected chi connectivity index (χ3v) is 3.76. The van der Waals surface area contributed by atoms with E-state index >= 15 is 0 Å². The van der Waals surface area contributed by atoms with Gasteiger partial charge >= 0.3 is 5.97 Å². The smallest absolute Gasteiger partial charge is 0.312 e. The molecule has 0 aromatic rings. The first-order valence-electron chi connectivity index (χ1n) is 5.54. The number of nitrogens with two attached hydrogens (primary N) is 1. The lowest BCUT2D eigenvalue weighted by Gasteiger charge is -2.69. The van der Waals surface area contributed by atoms with E-state index in [1.165, 1.54) is 6.42 Å². The van der Waals surface area contributed by atoms with Gasteiger partial charge in [0.15, 0.2) is 0 Å². The molecule has 80 valence electrons. The number of rotatable bonds is 5. The summed E-state index contributed by atoms with van der Waals surface area (Å²) < 4.78 is 5.07. The third-order valence-electron chi connectivity index (χ3n) is 3.76. The van der Waals surface area contributed by atoms with Gasteiger partial charge in [0.2, 0.25) is 0 Å². The second-order valence-corrected chi connectivity index (χ2v) is 4.92. The minimum atomic E-state index is -0.0649. The van der Waals surface area contributed by atoms with Gasteiger partial charge in [-0.15, -0.1) is 0 Å². The molecule has 2 N–H and O–H groups in total. The maximum Gasteiger partial charge on any atom is 0.312 e. The first-order valence-corrected chi connectivity index (χ1v) is 5.54. The maximum atomic E-state index is 11.6. The average molecular weight is 197 g/mol. The molecule has 0 radical (unpaired) electrons. The van der Waals surface area contributed by atoms with E-state index in [1.807, 2.05) is 6.92 Å². The van der Waals surface area contributed by atoms with Gasteiger partial charge in [0.25, 0.3) is 0 Å². The predicted octanol–water partition coefficient (Wildman–Crippen LogP) is 1.46. The number of hydrogen-bond acceptors (Lipinski definition) is 3. The Kier molecular flexibility index (Phi) is 2.30. The van der Waals surface area contributed by atoms with Crippen LogP contribution in [0, 0.1) is 10.8 Å². The van der Waals surface area contributed by atoms with Crippen molar-refractivity contribution in [2.24, 2.45) is 16.6 Å². The van der Waals surface area contributed by atoms with Gasteiger partial charge in [0.05, 0.1) is 12.0 Å². The van der Waals surface area contributed by atoms with Crippen LogP contribution in [0.25, 0.3) is 0 Å². The maximum absolute atomic E-state index is 11.6. The van der Waals surface area contributed by atoms with Crippen LogP contribution in [0.5, 0.6) is 0 Å². The first-order chi connectivity index (χ1) is 6.66. The summed E-state index contributed by atoms with van der Waals surface area (Å²) in [6, 6.07) is 0. The Morgan fingerprint density at radius 3 is 2.57 bits per heavy atom. The molecular formula is C11H19NO2. The summed E-state index contributed by atoms with van der Waals surface area (Å²) in [7, 11) is 0. The Morgan fingerprint density at radius 2 is 2.07 bits per heavy atom. The summed E-state index contributed by atoms with van der Waals surface area (Å²) >= 11 is 0. The van der Waals surface area contributed by atoms with E-state index in [1.54, 1.807) is 0 Å². The molecule has 0 heterocycles. The van der Waals surface area contributed by atoms with Crippen LogP contribution in [0.4, 0.5) is 0 Å². The Morgan fingerprint density at radius 1 is 1.43 bits per heavy atom. The van der Waals surface area contributed by atoms with E-state index in [4.69, 9.17) is 10.5 Å². The molecule has 0 aromatic heterocycles. The summed E-state index contributed by atoms with van der Waals surface area (Å²) in [5.41, 5.74) is 5.89. The van der Waals surface area contributed by atoms with E-state index < -0.39 is 0 Å². The number of hydrogen-bond donors (Lipinski definition) is 1. The second kappa shape index (κ2) is 3.23. The van der Waals surface area contributed by atoms with Crippen LogP contribution in [0.3, 0.4) is 0 Å². The molecule has 3 aliphatic carbocycles. The van der Waals surface area contributed by atoms with Crippen molar-refractivity contribution in [1.29, 1.82) is 0 Å². The van der Waals surface area contributed by atoms with Crippen molar-refractivity contribution in [2.45, 2.75) is 39.0 Å². The Balaban J connectivity index is 1.79. The molecule has 3 aliphatic rings. The molecule has 14 heavy (non-hydrogen) atoms. The third kappa shape index (κ3) is 1.26. The fourth-order valence-corrected chi connectivity index (χ4v) is 3.24. The standard InChI is InChI=1S/C11H19NO2/c1-2-14-9(13)11-6-10(7-11,8-11)4-3-5-12/h2-8,12H2,1H3. The zero-order valence-electron chi connectivity index (χ0n) is 8.84. The van der Waals surface area contributed by atoms with Crippen LogP contribution in [-0.4, -0.2) is 19.1 Å². The van der Waals surface area contributed by atoms with Crippen molar-refractivity contribution in [2.75, 3.05) is 13.2 Å². The topological polar surface area (TPSA) is 52.3 Å². The minimum absolute atomic E-state index is 0.0367. The molecular weight excluding hydrogens is 178 g/mol. The van der Waals surface area contributed by atoms with Crippen molar-refractivity contribution in [3.63, 3.8) is 0 Å². The second-order valence-electron chi connectivity index (χ2n) is 4.92. The molecule has 0 atom stereocenters. The van der Waals surface area contributed by atoms with Crippen LogP contribution >= 0.6 is 0 Å². The highest BCUT2D eigenvalue weighted by Crippen LogP contribution is 2.75. The van der Waals surface area contributed by atoms with Crippen molar-refractivity contribution >= 4 is 5.97 Å². The highest BCUT2D eigenvalue weighted by Gasteiger charge is 2.71. The summed E-state index contributed by atoms with van der Waals surface area (Å²) in [6.45, 7) is 3.15. The molecule has 0 unspecified atom stereocenters. The molecule has 3 rings (SSSR count). The highest BCUT2D eigenvalue weighted by molar-refractivity contribution is 5.81. The van der Waals surface area contributed by atoms with Crippen molar-refractivity contribution < 1.29 is 9.53 Å². The summed E-state index contributed by atoms with van der Waals surface area (Å²) in [6.07, 6.45) is 5.46. The zero-order chi connectivity index (χ0) is 10.2. The SMILES string of the molecule is CCOC(=O)C12CC(CCCN)(C1)C2. The van der Waals surface area contributed by atoms with E-state index in [2.05, 4.69) is 0 Å². The Bertz CT molecular complexity index is 230. The van der Waals surface area contributed by atoms with Crippen molar-refractivity contribution in [3.8, 4) is 0 Å². The van der Waals surface area contributed by atoms with Gasteiger partial charge < -0.3 is 10.5 Å². The van der Waals surface area contributed by atoms with E-state index in [0.29, 0.717) is 12.0 Å². The zero-order valence-corrected chi connectivity index (χ0v) is 8.84. The number of ether oxygens (including phenoxy) is 1. The molecule has 2 bridgehead atoms. The predicted molar refractivity (Wildman–Crippen MR) is 53.6 cm³/mol. The van der Waals surface area contributed by atoms with Gasteiger partial charge in [-0.1, -0.05) is 0 Å². The molecule has 3 nitrogen and oxygen atoms in total. The molecule has 0 spiro atoms. The van der Waals surface area contributed by atoms with Crippen molar-refractivity contribution in [3.05, 3.63) is 0 Å². The normalized spacial score (nSPS) is 38.4. The lowest BCUT2D eigenvalue weighted by Crippen LogP contribution is -2.65. The van der Waals surface area contributed by atoms with Gasteiger partial charge in [-0.05, 0) is 51.0 Å². The van der Waals surface area contributed by atoms with Gasteiger partial charge in [-0.25, -0.2) is 0 Å². The fraction of sp³-hybridized carbons (Fsp3) is 0.909. The summed E-state index contributed by atoms with van der Waals surface area (Å²) in [5, 5.41) is 0. The van der Waals surface area contributed by atoms with Gasteiger partial charge in [0, 0.05) is 0 Å². The minimum Gasteiger partial charge on any atom is -0.466 e. The van der Waals surface area contributed by atoms with E-state index in [0.717, 1.165) is 32.2 Å². The molecule has 0 aliphatic heterocycles. The molecule has 3 fully saturated rings. The first kappa shape index (κ1) is 9.97. The van der Waals surface area contributed by atoms with Crippen LogP contribution in [-0.2, 0) is 9.53 Å². The van der Waals surface area contributed by atoms with Crippen LogP contribution in [0.15, 0.2) is 0 Å². The number of carbonyl (C=O) groups excluding carboxylic acids is 1. The van der Waals surface area contributed by atoms with Gasteiger partial charge in [-0.3, -0.25) is 4.79 Å². The monoisotopic (exact) mass is 197 g/mol. The summed E-state index contributed by atoms with van der Waals surface area (Å²) in [4.78, 5) is 11.6.